The third-order valence-corrected chi connectivity index (χ3v) is 3.54. The molecular formula is C14H21ClN4O. The Kier molecular flexibility index (Phi) is 4.18. The van der Waals surface area contributed by atoms with Gasteiger partial charge in [-0.2, -0.15) is 0 Å². The monoisotopic (exact) mass is 296 g/mol. The van der Waals surface area contributed by atoms with Gasteiger partial charge in [-0.05, 0) is 6.42 Å². The van der Waals surface area contributed by atoms with E-state index in [4.69, 9.17) is 11.6 Å². The maximum Gasteiger partial charge on any atom is 0.222 e. The molecule has 6 heteroatoms. The first-order valence-corrected chi connectivity index (χ1v) is 7.19. The molecule has 1 atom stereocenters. The van der Waals surface area contributed by atoms with Gasteiger partial charge in [0.15, 0.2) is 0 Å². The zero-order valence-corrected chi connectivity index (χ0v) is 13.2. The van der Waals surface area contributed by atoms with Gasteiger partial charge in [-0.1, -0.05) is 32.4 Å². The fraction of sp³-hybridized carbons (Fsp3) is 0.643. The third-order valence-electron chi connectivity index (χ3n) is 3.34. The highest BCUT2D eigenvalue weighted by Gasteiger charge is 2.24. The van der Waals surface area contributed by atoms with Gasteiger partial charge in [-0.15, -0.1) is 0 Å². The summed E-state index contributed by atoms with van der Waals surface area (Å²) < 4.78 is 0. The van der Waals surface area contributed by atoms with Crippen LogP contribution in [-0.4, -0.2) is 40.4 Å². The molecule has 0 aliphatic carbocycles. The average molecular weight is 297 g/mol. The first-order chi connectivity index (χ1) is 9.25. The number of likely N-dealkylation sites (tertiary alicyclic amines) is 1. The summed E-state index contributed by atoms with van der Waals surface area (Å²) in [6.07, 6.45) is 1.38. The maximum absolute atomic E-state index is 11.5. The Morgan fingerprint density at radius 3 is 2.70 bits per heavy atom. The van der Waals surface area contributed by atoms with Gasteiger partial charge in [0, 0.05) is 37.5 Å². The first-order valence-electron chi connectivity index (χ1n) is 6.81. The molecule has 1 fully saturated rings. The summed E-state index contributed by atoms with van der Waals surface area (Å²) >= 11 is 6.07. The predicted molar refractivity (Wildman–Crippen MR) is 80.0 cm³/mol. The van der Waals surface area contributed by atoms with Crippen LogP contribution >= 0.6 is 11.6 Å². The fourth-order valence-corrected chi connectivity index (χ4v) is 2.35. The van der Waals surface area contributed by atoms with Crippen LogP contribution in [0.3, 0.4) is 0 Å². The Bertz CT molecular complexity index is 512. The molecule has 1 saturated heterocycles. The Hall–Kier alpha value is -1.36. The van der Waals surface area contributed by atoms with E-state index in [0.29, 0.717) is 23.9 Å². The van der Waals surface area contributed by atoms with Crippen molar-refractivity contribution in [3.63, 3.8) is 0 Å². The lowest BCUT2D eigenvalue weighted by atomic mass is 9.96. The smallest absolute Gasteiger partial charge is 0.222 e. The summed E-state index contributed by atoms with van der Waals surface area (Å²) in [5, 5.41) is 3.79. The van der Waals surface area contributed by atoms with Crippen molar-refractivity contribution in [2.24, 2.45) is 0 Å². The quantitative estimate of drug-likeness (QED) is 0.852. The van der Waals surface area contributed by atoms with Crippen molar-refractivity contribution in [2.45, 2.75) is 45.1 Å². The number of hydrogen-bond acceptors (Lipinski definition) is 4. The number of aromatic nitrogens is 2. The molecule has 20 heavy (non-hydrogen) atoms. The van der Waals surface area contributed by atoms with E-state index >= 15 is 0 Å². The zero-order valence-electron chi connectivity index (χ0n) is 12.4. The van der Waals surface area contributed by atoms with Crippen LogP contribution in [0.25, 0.3) is 0 Å². The molecule has 1 aromatic heterocycles. The first kappa shape index (κ1) is 15.0. The Labute approximate surface area is 124 Å². The molecule has 1 unspecified atom stereocenters. The number of hydrogen-bond donors (Lipinski definition) is 1. The van der Waals surface area contributed by atoms with Gasteiger partial charge in [0.25, 0.3) is 0 Å². The average Bonchev–Trinajstić information content (AvgIpc) is 2.32. The van der Waals surface area contributed by atoms with Gasteiger partial charge in [-0.25, -0.2) is 9.97 Å². The highest BCUT2D eigenvalue weighted by molar-refractivity contribution is 6.29. The molecule has 1 aromatic rings. The van der Waals surface area contributed by atoms with Crippen LogP contribution < -0.4 is 5.32 Å². The van der Waals surface area contributed by atoms with Crippen molar-refractivity contribution in [3.8, 4) is 0 Å². The molecule has 1 N–H and O–H groups in total. The Morgan fingerprint density at radius 1 is 1.40 bits per heavy atom. The van der Waals surface area contributed by atoms with Crippen molar-refractivity contribution in [2.75, 3.05) is 18.9 Å². The second kappa shape index (κ2) is 5.56. The largest absolute Gasteiger partial charge is 0.365 e. The number of rotatable bonds is 2. The number of amides is 1. The van der Waals surface area contributed by atoms with E-state index in [0.717, 1.165) is 12.2 Å². The predicted octanol–water partition coefficient (Wildman–Crippen LogP) is 2.46. The molecule has 0 aromatic carbocycles. The summed E-state index contributed by atoms with van der Waals surface area (Å²) in [5.74, 6) is 1.63. The van der Waals surface area contributed by atoms with Crippen molar-refractivity contribution in [1.82, 2.24) is 14.9 Å². The van der Waals surface area contributed by atoms with Crippen LogP contribution in [0.2, 0.25) is 5.15 Å². The minimum absolute atomic E-state index is 0.152. The number of halogens is 1. The number of piperidine rings is 1. The van der Waals surface area contributed by atoms with Crippen LogP contribution in [0, 0.1) is 0 Å². The van der Waals surface area contributed by atoms with Gasteiger partial charge < -0.3 is 10.2 Å². The SMILES string of the molecule is CN1CC(Nc2cc(Cl)nc(C(C)(C)C)n2)CCC1=O. The van der Waals surface area contributed by atoms with Gasteiger partial charge in [0.2, 0.25) is 5.91 Å². The normalized spacial score (nSPS) is 20.1. The standard InChI is InChI=1S/C14H21ClN4O/c1-14(2,3)13-17-10(15)7-11(18-13)16-9-5-6-12(20)19(4)8-9/h7,9H,5-6,8H2,1-4H3,(H,16,17,18). The lowest BCUT2D eigenvalue weighted by molar-refractivity contribution is -0.132. The van der Waals surface area contributed by atoms with Crippen molar-refractivity contribution >= 4 is 23.3 Å². The molecule has 2 heterocycles. The van der Waals surface area contributed by atoms with E-state index in [-0.39, 0.29) is 17.4 Å². The molecule has 0 saturated carbocycles. The highest BCUT2D eigenvalue weighted by Crippen LogP contribution is 2.23. The molecule has 0 bridgehead atoms. The van der Waals surface area contributed by atoms with Crippen molar-refractivity contribution < 1.29 is 4.79 Å². The number of anilines is 1. The molecule has 1 amide bonds. The summed E-state index contributed by atoms with van der Waals surface area (Å²) in [6.45, 7) is 6.84. The summed E-state index contributed by atoms with van der Waals surface area (Å²) in [7, 11) is 1.82. The molecule has 0 radical (unpaired) electrons. The van der Waals surface area contributed by atoms with Crippen LogP contribution in [-0.2, 0) is 10.2 Å². The van der Waals surface area contributed by atoms with Gasteiger partial charge in [0.05, 0.1) is 0 Å². The summed E-state index contributed by atoms with van der Waals surface area (Å²) in [6, 6.07) is 1.93. The molecule has 110 valence electrons. The zero-order chi connectivity index (χ0) is 14.9. The van der Waals surface area contributed by atoms with E-state index in [9.17, 15) is 4.79 Å². The lowest BCUT2D eigenvalue weighted by Gasteiger charge is -2.30. The van der Waals surface area contributed by atoms with Gasteiger partial charge in [-0.3, -0.25) is 4.79 Å². The summed E-state index contributed by atoms with van der Waals surface area (Å²) in [4.78, 5) is 22.0. The number of likely N-dealkylation sites (N-methyl/N-ethyl adjacent to an activating group) is 1. The highest BCUT2D eigenvalue weighted by atomic mass is 35.5. The number of nitrogens with one attached hydrogen (secondary N) is 1. The Balaban J connectivity index is 2.14. The second-order valence-electron chi connectivity index (χ2n) is 6.30. The van der Waals surface area contributed by atoms with E-state index in [1.165, 1.54) is 0 Å². The van der Waals surface area contributed by atoms with Crippen molar-refractivity contribution in [1.29, 1.82) is 0 Å². The van der Waals surface area contributed by atoms with E-state index in [1.807, 2.05) is 7.05 Å². The summed E-state index contributed by atoms with van der Waals surface area (Å²) in [5.41, 5.74) is -0.152. The van der Waals surface area contributed by atoms with Crippen LogP contribution in [0.5, 0.6) is 0 Å². The third kappa shape index (κ3) is 3.60. The molecule has 5 nitrogen and oxygen atoms in total. The fourth-order valence-electron chi connectivity index (χ4n) is 2.17. The lowest BCUT2D eigenvalue weighted by Crippen LogP contribution is -2.43. The molecule has 1 aliphatic rings. The van der Waals surface area contributed by atoms with Gasteiger partial charge in [0.1, 0.15) is 16.8 Å². The van der Waals surface area contributed by atoms with Crippen LogP contribution in [0.1, 0.15) is 39.4 Å². The molecule has 0 spiro atoms. The minimum Gasteiger partial charge on any atom is -0.365 e. The molecule has 1 aliphatic heterocycles. The Morgan fingerprint density at radius 2 is 2.10 bits per heavy atom. The van der Waals surface area contributed by atoms with Crippen molar-refractivity contribution in [3.05, 3.63) is 17.0 Å². The maximum atomic E-state index is 11.5. The van der Waals surface area contributed by atoms with E-state index in [1.54, 1.807) is 11.0 Å². The topological polar surface area (TPSA) is 58.1 Å². The van der Waals surface area contributed by atoms with Crippen LogP contribution in [0.4, 0.5) is 5.82 Å². The minimum atomic E-state index is -0.152. The number of carbonyl (C=O) groups excluding carboxylic acids is 1. The van der Waals surface area contributed by atoms with Gasteiger partial charge >= 0.3 is 0 Å². The van der Waals surface area contributed by atoms with Crippen LogP contribution in [0.15, 0.2) is 6.07 Å². The second-order valence-corrected chi connectivity index (χ2v) is 6.69. The van der Waals surface area contributed by atoms with E-state index < -0.39 is 0 Å². The number of carbonyl (C=O) groups is 1. The van der Waals surface area contributed by atoms with E-state index in [2.05, 4.69) is 36.1 Å². The molecular weight excluding hydrogens is 276 g/mol. The molecule has 2 rings (SSSR count). The number of nitrogens with zero attached hydrogens (tertiary/aromatic N) is 3.